The lowest BCUT2D eigenvalue weighted by molar-refractivity contribution is -0.0276. The Hall–Kier alpha value is -0.810. The lowest BCUT2D eigenvalue weighted by atomic mass is 10.1. The van der Waals surface area contributed by atoms with E-state index in [-0.39, 0.29) is 6.10 Å². The molecule has 0 aromatic carbocycles. The third-order valence-corrected chi connectivity index (χ3v) is 4.19. The number of thioether (sulfide) groups is 1. The first-order valence-electron chi connectivity index (χ1n) is 6.53. The topological polar surface area (TPSA) is 38.2 Å². The van der Waals surface area contributed by atoms with Gasteiger partial charge in [0.2, 0.25) is 5.95 Å². The number of hydrogen-bond donors (Lipinski definition) is 0. The van der Waals surface area contributed by atoms with E-state index in [1.165, 1.54) is 12.8 Å². The largest absolute Gasteiger partial charge is 0.371 e. The second-order valence-electron chi connectivity index (χ2n) is 5.13. The molecule has 5 heteroatoms. The monoisotopic (exact) mass is 265 g/mol. The summed E-state index contributed by atoms with van der Waals surface area (Å²) in [6.07, 6.45) is 7.16. The summed E-state index contributed by atoms with van der Waals surface area (Å²) in [7, 11) is 0. The van der Waals surface area contributed by atoms with Crippen molar-refractivity contribution in [1.82, 2.24) is 9.97 Å². The summed E-state index contributed by atoms with van der Waals surface area (Å²) in [5.41, 5.74) is 0. The Labute approximate surface area is 112 Å². The van der Waals surface area contributed by atoms with E-state index < -0.39 is 0 Å². The Kier molecular flexibility index (Phi) is 3.43. The number of hydrogen-bond acceptors (Lipinski definition) is 5. The van der Waals surface area contributed by atoms with Gasteiger partial charge in [0.05, 0.1) is 12.2 Å². The van der Waals surface area contributed by atoms with Crippen LogP contribution in [-0.4, -0.2) is 41.5 Å². The highest BCUT2D eigenvalue weighted by Crippen LogP contribution is 2.37. The molecule has 1 aliphatic heterocycles. The molecule has 1 aromatic rings. The van der Waals surface area contributed by atoms with Gasteiger partial charge in [-0.25, -0.2) is 9.97 Å². The highest BCUT2D eigenvalue weighted by molar-refractivity contribution is 7.98. The molecule has 0 N–H and O–H groups in total. The lowest BCUT2D eigenvalue weighted by Gasteiger charge is -2.37. The van der Waals surface area contributed by atoms with Crippen molar-refractivity contribution >= 4 is 17.7 Å². The van der Waals surface area contributed by atoms with Crippen LogP contribution in [0.3, 0.4) is 0 Å². The smallest absolute Gasteiger partial charge is 0.226 e. The van der Waals surface area contributed by atoms with Gasteiger partial charge in [-0.15, -0.1) is 11.8 Å². The molecule has 2 aliphatic rings. The van der Waals surface area contributed by atoms with Crippen LogP contribution in [0.5, 0.6) is 0 Å². The summed E-state index contributed by atoms with van der Waals surface area (Å²) in [4.78, 5) is 11.3. The van der Waals surface area contributed by atoms with Gasteiger partial charge in [-0.05, 0) is 38.0 Å². The number of rotatable bonds is 3. The Morgan fingerprint density at radius 2 is 2.22 bits per heavy atom. The summed E-state index contributed by atoms with van der Waals surface area (Å²) >= 11 is 1.66. The fraction of sp³-hybridized carbons (Fsp3) is 0.692. The molecule has 1 aliphatic carbocycles. The Bertz CT molecular complexity index is 424. The maximum absolute atomic E-state index is 6.02. The van der Waals surface area contributed by atoms with E-state index in [1.807, 2.05) is 18.5 Å². The number of anilines is 1. The molecule has 1 saturated carbocycles. The van der Waals surface area contributed by atoms with Crippen LogP contribution in [0.25, 0.3) is 0 Å². The normalized spacial score (nSPS) is 28.4. The summed E-state index contributed by atoms with van der Waals surface area (Å²) in [5, 5.41) is 1.03. The van der Waals surface area contributed by atoms with Gasteiger partial charge < -0.3 is 9.64 Å². The van der Waals surface area contributed by atoms with Crippen LogP contribution >= 0.6 is 11.8 Å². The lowest BCUT2D eigenvalue weighted by Crippen LogP contribution is -2.48. The highest BCUT2D eigenvalue weighted by atomic mass is 32.2. The van der Waals surface area contributed by atoms with Crippen LogP contribution in [0.2, 0.25) is 0 Å². The van der Waals surface area contributed by atoms with Crippen molar-refractivity contribution in [2.24, 2.45) is 5.92 Å². The van der Waals surface area contributed by atoms with Gasteiger partial charge in [0.1, 0.15) is 5.03 Å². The molecule has 2 atom stereocenters. The molecule has 2 heterocycles. The summed E-state index contributed by atoms with van der Waals surface area (Å²) in [5.74, 6) is 1.61. The van der Waals surface area contributed by atoms with Crippen molar-refractivity contribution < 1.29 is 4.74 Å². The van der Waals surface area contributed by atoms with Crippen molar-refractivity contribution in [3.05, 3.63) is 12.3 Å². The van der Waals surface area contributed by atoms with E-state index in [0.29, 0.717) is 6.10 Å². The van der Waals surface area contributed by atoms with E-state index in [1.54, 1.807) is 11.8 Å². The van der Waals surface area contributed by atoms with E-state index in [0.717, 1.165) is 30.0 Å². The molecule has 18 heavy (non-hydrogen) atoms. The van der Waals surface area contributed by atoms with Crippen molar-refractivity contribution in [3.8, 4) is 0 Å². The molecule has 2 fully saturated rings. The van der Waals surface area contributed by atoms with Crippen LogP contribution in [0.1, 0.15) is 19.8 Å². The standard InChI is InChI=1S/C13H19N3OS/c1-9-7-16(8-11(17-9)10-3-4-10)13-14-6-5-12(15-13)18-2/h5-6,9-11H,3-4,7-8H2,1-2H3/t9-,11-/m0/s1. The SMILES string of the molecule is CSc1ccnc(N2C[C@@H](C3CC3)O[C@@H](C)C2)n1. The van der Waals surface area contributed by atoms with Gasteiger partial charge in [0.15, 0.2) is 0 Å². The van der Waals surface area contributed by atoms with Gasteiger partial charge in [-0.1, -0.05) is 0 Å². The minimum absolute atomic E-state index is 0.269. The second kappa shape index (κ2) is 5.05. The van der Waals surface area contributed by atoms with Crippen LogP contribution < -0.4 is 4.90 Å². The van der Waals surface area contributed by atoms with E-state index in [2.05, 4.69) is 21.8 Å². The maximum Gasteiger partial charge on any atom is 0.226 e. The summed E-state index contributed by atoms with van der Waals surface area (Å²) in [6.45, 7) is 3.97. The molecular weight excluding hydrogens is 246 g/mol. The molecule has 4 nitrogen and oxygen atoms in total. The van der Waals surface area contributed by atoms with E-state index in [9.17, 15) is 0 Å². The predicted octanol–water partition coefficient (Wildman–Crippen LogP) is 2.20. The van der Waals surface area contributed by atoms with Gasteiger partial charge in [0, 0.05) is 19.3 Å². The fourth-order valence-electron chi connectivity index (χ4n) is 2.48. The minimum Gasteiger partial charge on any atom is -0.371 e. The van der Waals surface area contributed by atoms with Crippen LogP contribution in [0.4, 0.5) is 5.95 Å². The molecule has 98 valence electrons. The minimum atomic E-state index is 0.269. The number of nitrogens with zero attached hydrogens (tertiary/aromatic N) is 3. The maximum atomic E-state index is 6.02. The van der Waals surface area contributed by atoms with Crippen molar-refractivity contribution in [3.63, 3.8) is 0 Å². The molecule has 0 amide bonds. The Morgan fingerprint density at radius 3 is 2.94 bits per heavy atom. The van der Waals surface area contributed by atoms with Crippen LogP contribution in [-0.2, 0) is 4.74 Å². The van der Waals surface area contributed by atoms with Crippen LogP contribution in [0.15, 0.2) is 17.3 Å². The molecule has 3 rings (SSSR count). The van der Waals surface area contributed by atoms with Crippen molar-refractivity contribution in [2.45, 2.75) is 37.0 Å². The fourth-order valence-corrected chi connectivity index (χ4v) is 2.85. The van der Waals surface area contributed by atoms with E-state index in [4.69, 9.17) is 4.74 Å². The Morgan fingerprint density at radius 1 is 1.39 bits per heavy atom. The summed E-state index contributed by atoms with van der Waals surface area (Å²) < 4.78 is 6.02. The molecule has 0 bridgehead atoms. The van der Waals surface area contributed by atoms with Gasteiger partial charge in [0.25, 0.3) is 0 Å². The highest BCUT2D eigenvalue weighted by Gasteiger charge is 2.37. The van der Waals surface area contributed by atoms with Gasteiger partial charge in [-0.3, -0.25) is 0 Å². The number of ether oxygens (including phenoxy) is 1. The van der Waals surface area contributed by atoms with E-state index >= 15 is 0 Å². The first kappa shape index (κ1) is 12.2. The number of morpholine rings is 1. The zero-order valence-electron chi connectivity index (χ0n) is 10.9. The molecule has 0 unspecified atom stereocenters. The van der Waals surface area contributed by atoms with Crippen LogP contribution in [0, 0.1) is 5.92 Å². The third-order valence-electron chi connectivity index (χ3n) is 3.54. The van der Waals surface area contributed by atoms with Gasteiger partial charge >= 0.3 is 0 Å². The summed E-state index contributed by atoms with van der Waals surface area (Å²) in [6, 6.07) is 1.95. The van der Waals surface area contributed by atoms with Crippen molar-refractivity contribution in [1.29, 1.82) is 0 Å². The average Bonchev–Trinajstić information content (AvgIpc) is 3.22. The Balaban J connectivity index is 1.76. The molecule has 0 spiro atoms. The van der Waals surface area contributed by atoms with Crippen molar-refractivity contribution in [2.75, 3.05) is 24.2 Å². The first-order chi connectivity index (χ1) is 8.76. The zero-order valence-corrected chi connectivity index (χ0v) is 11.7. The van der Waals surface area contributed by atoms with Gasteiger partial charge in [-0.2, -0.15) is 0 Å². The number of aromatic nitrogens is 2. The quantitative estimate of drug-likeness (QED) is 0.619. The zero-order chi connectivity index (χ0) is 12.5. The molecular formula is C13H19N3OS. The molecule has 1 aromatic heterocycles. The molecule has 1 saturated heterocycles. The predicted molar refractivity (Wildman–Crippen MR) is 73.1 cm³/mol. The second-order valence-corrected chi connectivity index (χ2v) is 5.95. The first-order valence-corrected chi connectivity index (χ1v) is 7.76. The third kappa shape index (κ3) is 2.62. The molecule has 0 radical (unpaired) electrons. The average molecular weight is 265 g/mol.